The third kappa shape index (κ3) is 2.84. The number of fused-ring (bicyclic) bond motifs is 1. The number of hydrogen-bond donors (Lipinski definition) is 2. The summed E-state index contributed by atoms with van der Waals surface area (Å²) in [5, 5.41) is 5.85. The number of carbonyl (C=O) groups excluding carboxylic acids is 1. The van der Waals surface area contributed by atoms with E-state index in [0.29, 0.717) is 30.1 Å². The fourth-order valence-corrected chi connectivity index (χ4v) is 3.01. The number of rotatable bonds is 3. The smallest absolute Gasteiger partial charge is 0.274 e. The summed E-state index contributed by atoms with van der Waals surface area (Å²) in [5.74, 6) is -0.0987. The van der Waals surface area contributed by atoms with Crippen LogP contribution >= 0.6 is 0 Å². The van der Waals surface area contributed by atoms with Gasteiger partial charge in [-0.1, -0.05) is 12.1 Å². The molecular weight excluding hydrogens is 293 g/mol. The van der Waals surface area contributed by atoms with E-state index in [0.717, 1.165) is 12.1 Å². The van der Waals surface area contributed by atoms with Gasteiger partial charge in [0.25, 0.3) is 5.91 Å². The molecule has 1 saturated carbocycles. The minimum Gasteiger partial charge on any atom is -0.318 e. The Kier molecular flexibility index (Phi) is 3.58. The molecule has 0 unspecified atom stereocenters. The van der Waals surface area contributed by atoms with Crippen LogP contribution in [0, 0.1) is 5.82 Å². The molecule has 1 aromatic carbocycles. The second-order valence-corrected chi connectivity index (χ2v) is 6.20. The maximum atomic E-state index is 14.5. The summed E-state index contributed by atoms with van der Waals surface area (Å²) in [7, 11) is 0. The summed E-state index contributed by atoms with van der Waals surface area (Å²) in [6, 6.07) is 7.14. The number of hydrogen-bond acceptors (Lipinski definition) is 3. The fraction of sp³-hybridized carbons (Fsp3) is 0.333. The minimum atomic E-state index is -0.375. The highest BCUT2D eigenvalue weighted by molar-refractivity contribution is 6.03. The summed E-state index contributed by atoms with van der Waals surface area (Å²) >= 11 is 0. The summed E-state index contributed by atoms with van der Waals surface area (Å²) in [6.07, 6.45) is 4.78. The maximum absolute atomic E-state index is 14.5. The summed E-state index contributed by atoms with van der Waals surface area (Å²) in [4.78, 5) is 16.5. The number of anilines is 1. The van der Waals surface area contributed by atoms with Crippen LogP contribution in [0.1, 0.15) is 45.9 Å². The zero-order valence-electron chi connectivity index (χ0n) is 12.7. The molecule has 0 saturated heterocycles. The summed E-state index contributed by atoms with van der Waals surface area (Å²) in [5.41, 5.74) is 3.36. The largest absolute Gasteiger partial charge is 0.318 e. The number of nitrogens with zero attached hydrogens (tertiary/aromatic N) is 1. The molecular formula is C18H18FN3O. The van der Waals surface area contributed by atoms with Gasteiger partial charge in [-0.2, -0.15) is 0 Å². The standard InChI is InChI=1S/C18H18FN3O/c19-17-14-7-8-20-9-13(14)4-5-15(17)22-18(23)16-6-3-12(10-21-16)11-1-2-11/h3-6,10-11,20H,1-2,7-9H2,(H,22,23). The van der Waals surface area contributed by atoms with Crippen molar-refractivity contribution in [1.82, 2.24) is 10.3 Å². The number of carbonyl (C=O) groups is 1. The molecule has 0 radical (unpaired) electrons. The van der Waals surface area contributed by atoms with Crippen molar-refractivity contribution in [2.75, 3.05) is 11.9 Å². The average molecular weight is 311 g/mol. The van der Waals surface area contributed by atoms with E-state index in [1.54, 1.807) is 18.3 Å². The van der Waals surface area contributed by atoms with Gasteiger partial charge >= 0.3 is 0 Å². The first-order chi connectivity index (χ1) is 11.2. The van der Waals surface area contributed by atoms with Gasteiger partial charge in [0.2, 0.25) is 0 Å². The Labute approximate surface area is 134 Å². The lowest BCUT2D eigenvalue weighted by Gasteiger charge is -2.19. The molecule has 0 atom stereocenters. The lowest BCUT2D eigenvalue weighted by molar-refractivity contribution is 0.102. The van der Waals surface area contributed by atoms with Crippen molar-refractivity contribution in [3.05, 3.63) is 58.7 Å². The third-order valence-electron chi connectivity index (χ3n) is 4.52. The molecule has 2 aromatic rings. The van der Waals surface area contributed by atoms with E-state index in [-0.39, 0.29) is 17.4 Å². The van der Waals surface area contributed by atoms with E-state index in [1.807, 2.05) is 12.1 Å². The van der Waals surface area contributed by atoms with E-state index >= 15 is 0 Å². The predicted molar refractivity (Wildman–Crippen MR) is 86.0 cm³/mol. The predicted octanol–water partition coefficient (Wildman–Crippen LogP) is 3.00. The van der Waals surface area contributed by atoms with Crippen molar-refractivity contribution in [2.45, 2.75) is 31.7 Å². The van der Waals surface area contributed by atoms with Gasteiger partial charge in [-0.15, -0.1) is 0 Å². The van der Waals surface area contributed by atoms with Gasteiger partial charge in [-0.3, -0.25) is 9.78 Å². The Morgan fingerprint density at radius 1 is 1.26 bits per heavy atom. The van der Waals surface area contributed by atoms with Crippen molar-refractivity contribution < 1.29 is 9.18 Å². The van der Waals surface area contributed by atoms with Crippen LogP contribution in [0.15, 0.2) is 30.5 Å². The number of pyridine rings is 1. The van der Waals surface area contributed by atoms with Gasteiger partial charge in [0.15, 0.2) is 0 Å². The molecule has 1 amide bonds. The second kappa shape index (κ2) is 5.74. The quantitative estimate of drug-likeness (QED) is 0.916. The van der Waals surface area contributed by atoms with Crippen LogP contribution in [0.4, 0.5) is 10.1 Å². The topological polar surface area (TPSA) is 54.0 Å². The highest BCUT2D eigenvalue weighted by atomic mass is 19.1. The van der Waals surface area contributed by atoms with Gasteiger partial charge in [0.05, 0.1) is 5.69 Å². The minimum absolute atomic E-state index is 0.226. The molecule has 1 aliphatic heterocycles. The average Bonchev–Trinajstić information content (AvgIpc) is 3.43. The molecule has 2 N–H and O–H groups in total. The van der Waals surface area contributed by atoms with Crippen molar-refractivity contribution in [2.24, 2.45) is 0 Å². The van der Waals surface area contributed by atoms with E-state index in [4.69, 9.17) is 0 Å². The van der Waals surface area contributed by atoms with Gasteiger partial charge in [-0.25, -0.2) is 4.39 Å². The molecule has 2 aliphatic rings. The van der Waals surface area contributed by atoms with Gasteiger partial charge in [0.1, 0.15) is 11.5 Å². The second-order valence-electron chi connectivity index (χ2n) is 6.20. The number of halogens is 1. The molecule has 2 heterocycles. The SMILES string of the molecule is O=C(Nc1ccc2c(c1F)CCNC2)c1ccc(C2CC2)cn1. The lowest BCUT2D eigenvalue weighted by Crippen LogP contribution is -2.25. The van der Waals surface area contributed by atoms with Crippen LogP contribution < -0.4 is 10.6 Å². The Bertz CT molecular complexity index is 754. The normalized spacial score (nSPS) is 16.7. The molecule has 1 aliphatic carbocycles. The van der Waals surface area contributed by atoms with Gasteiger partial charge in [0, 0.05) is 12.7 Å². The Balaban J connectivity index is 1.54. The first kappa shape index (κ1) is 14.3. The molecule has 23 heavy (non-hydrogen) atoms. The van der Waals surface area contributed by atoms with E-state index in [2.05, 4.69) is 15.6 Å². The van der Waals surface area contributed by atoms with Crippen LogP contribution in [-0.2, 0) is 13.0 Å². The Hall–Kier alpha value is -2.27. The first-order valence-corrected chi connectivity index (χ1v) is 8.00. The summed E-state index contributed by atoms with van der Waals surface area (Å²) < 4.78 is 14.5. The summed E-state index contributed by atoms with van der Waals surface area (Å²) in [6.45, 7) is 1.43. The number of benzene rings is 1. The zero-order valence-corrected chi connectivity index (χ0v) is 12.7. The molecule has 1 aromatic heterocycles. The highest BCUT2D eigenvalue weighted by Crippen LogP contribution is 2.39. The van der Waals surface area contributed by atoms with Crippen LogP contribution in [-0.4, -0.2) is 17.4 Å². The van der Waals surface area contributed by atoms with E-state index in [1.165, 1.54) is 18.4 Å². The molecule has 4 nitrogen and oxygen atoms in total. The van der Waals surface area contributed by atoms with E-state index < -0.39 is 0 Å². The third-order valence-corrected chi connectivity index (χ3v) is 4.52. The number of nitrogens with one attached hydrogen (secondary N) is 2. The van der Waals surface area contributed by atoms with Crippen molar-refractivity contribution in [1.29, 1.82) is 0 Å². The Morgan fingerprint density at radius 3 is 2.87 bits per heavy atom. The van der Waals surface area contributed by atoms with Crippen LogP contribution in [0.3, 0.4) is 0 Å². The van der Waals surface area contributed by atoms with Crippen molar-refractivity contribution in [3.63, 3.8) is 0 Å². The fourth-order valence-electron chi connectivity index (χ4n) is 3.01. The molecule has 0 bridgehead atoms. The van der Waals surface area contributed by atoms with Crippen LogP contribution in [0.2, 0.25) is 0 Å². The molecule has 118 valence electrons. The highest BCUT2D eigenvalue weighted by Gasteiger charge is 2.24. The Morgan fingerprint density at radius 2 is 2.13 bits per heavy atom. The van der Waals surface area contributed by atoms with Gasteiger partial charge < -0.3 is 10.6 Å². The van der Waals surface area contributed by atoms with Crippen molar-refractivity contribution >= 4 is 11.6 Å². The zero-order chi connectivity index (χ0) is 15.8. The first-order valence-electron chi connectivity index (χ1n) is 8.00. The lowest BCUT2D eigenvalue weighted by atomic mass is 9.99. The maximum Gasteiger partial charge on any atom is 0.274 e. The number of amides is 1. The van der Waals surface area contributed by atoms with Crippen LogP contribution in [0.25, 0.3) is 0 Å². The molecule has 0 spiro atoms. The van der Waals surface area contributed by atoms with E-state index in [9.17, 15) is 9.18 Å². The van der Waals surface area contributed by atoms with Crippen molar-refractivity contribution in [3.8, 4) is 0 Å². The van der Waals surface area contributed by atoms with Gasteiger partial charge in [-0.05, 0) is 60.5 Å². The molecule has 5 heteroatoms. The monoisotopic (exact) mass is 311 g/mol. The molecule has 4 rings (SSSR count). The van der Waals surface area contributed by atoms with Crippen LogP contribution in [0.5, 0.6) is 0 Å². The molecule has 1 fully saturated rings. The number of aromatic nitrogens is 1.